The number of anilines is 1. The van der Waals surface area contributed by atoms with Crippen molar-refractivity contribution >= 4 is 21.7 Å². The third-order valence-corrected chi connectivity index (χ3v) is 5.74. The van der Waals surface area contributed by atoms with Crippen LogP contribution in [-0.2, 0) is 10.0 Å². The molecule has 2 rings (SSSR count). The highest BCUT2D eigenvalue weighted by Gasteiger charge is 2.27. The first-order valence-corrected chi connectivity index (χ1v) is 9.02. The molecule has 2 amide bonds. The van der Waals surface area contributed by atoms with E-state index in [1.165, 1.54) is 12.1 Å². The average molecular weight is 325 g/mol. The van der Waals surface area contributed by atoms with E-state index < -0.39 is 10.0 Å². The van der Waals surface area contributed by atoms with Crippen molar-refractivity contribution in [3.8, 4) is 0 Å². The molecule has 0 aliphatic carbocycles. The van der Waals surface area contributed by atoms with Crippen molar-refractivity contribution in [2.24, 2.45) is 5.92 Å². The lowest BCUT2D eigenvalue weighted by atomic mass is 10.0. The van der Waals surface area contributed by atoms with Gasteiger partial charge in [-0.05, 0) is 49.9 Å². The van der Waals surface area contributed by atoms with Gasteiger partial charge in [-0.1, -0.05) is 6.92 Å². The minimum absolute atomic E-state index is 0.267. The van der Waals surface area contributed by atoms with Gasteiger partial charge in [-0.25, -0.2) is 13.2 Å². The number of urea groups is 1. The molecule has 1 aliphatic heterocycles. The molecule has 0 atom stereocenters. The van der Waals surface area contributed by atoms with Gasteiger partial charge in [0.25, 0.3) is 0 Å². The van der Waals surface area contributed by atoms with Crippen LogP contribution in [0.1, 0.15) is 26.7 Å². The summed E-state index contributed by atoms with van der Waals surface area (Å²) in [5.41, 5.74) is 0.567. The Morgan fingerprint density at radius 3 is 2.36 bits per heavy atom. The lowest BCUT2D eigenvalue weighted by molar-refractivity contribution is 0.252. The van der Waals surface area contributed by atoms with Crippen LogP contribution in [0.5, 0.6) is 0 Å². The molecular formula is C15H23N3O3S. The normalized spacial score (nSPS) is 17.2. The Morgan fingerprint density at radius 1 is 1.23 bits per heavy atom. The van der Waals surface area contributed by atoms with E-state index in [1.54, 1.807) is 16.4 Å². The molecule has 22 heavy (non-hydrogen) atoms. The number of amides is 2. The van der Waals surface area contributed by atoms with E-state index in [9.17, 15) is 13.2 Å². The van der Waals surface area contributed by atoms with Gasteiger partial charge in [0.05, 0.1) is 4.90 Å². The number of carbonyl (C=O) groups is 1. The summed E-state index contributed by atoms with van der Waals surface area (Å²) < 4.78 is 26.7. The Bertz CT molecular complexity index is 605. The van der Waals surface area contributed by atoms with Gasteiger partial charge in [-0.3, -0.25) is 0 Å². The Kier molecular flexibility index (Phi) is 5.42. The zero-order chi connectivity index (χ0) is 16.2. The number of hydrogen-bond donors (Lipinski definition) is 2. The predicted molar refractivity (Wildman–Crippen MR) is 86.3 cm³/mol. The van der Waals surface area contributed by atoms with Crippen LogP contribution >= 0.6 is 0 Å². The van der Waals surface area contributed by atoms with Crippen molar-refractivity contribution in [3.05, 3.63) is 24.3 Å². The predicted octanol–water partition coefficient (Wildman–Crippen LogP) is 2.25. The summed E-state index contributed by atoms with van der Waals surface area (Å²) in [6.07, 6.45) is 1.80. The van der Waals surface area contributed by atoms with Crippen molar-refractivity contribution < 1.29 is 13.2 Å². The number of benzene rings is 1. The fraction of sp³-hybridized carbons (Fsp3) is 0.533. The largest absolute Gasteiger partial charge is 0.338 e. The Balaban J connectivity index is 2.07. The maximum atomic E-state index is 12.6. The molecule has 1 aliphatic rings. The Morgan fingerprint density at radius 2 is 1.82 bits per heavy atom. The third kappa shape index (κ3) is 3.98. The molecular weight excluding hydrogens is 302 g/mol. The van der Waals surface area contributed by atoms with E-state index in [4.69, 9.17) is 0 Å². The molecule has 0 spiro atoms. The minimum Gasteiger partial charge on any atom is -0.338 e. The van der Waals surface area contributed by atoms with Crippen LogP contribution in [0.3, 0.4) is 0 Å². The molecule has 0 aromatic heterocycles. The van der Waals surface area contributed by atoms with Crippen LogP contribution in [-0.4, -0.2) is 38.4 Å². The first-order valence-electron chi connectivity index (χ1n) is 7.58. The lowest BCUT2D eigenvalue weighted by Gasteiger charge is -2.29. The number of nitrogens with one attached hydrogen (secondary N) is 2. The molecule has 0 radical (unpaired) electrons. The van der Waals surface area contributed by atoms with Crippen LogP contribution < -0.4 is 10.6 Å². The number of nitrogens with zero attached hydrogens (tertiary/aromatic N) is 1. The van der Waals surface area contributed by atoms with Crippen LogP contribution in [0.2, 0.25) is 0 Å². The number of rotatable bonds is 4. The molecule has 1 aromatic carbocycles. The summed E-state index contributed by atoms with van der Waals surface area (Å²) in [6, 6.07) is 5.98. The molecule has 0 unspecified atom stereocenters. The lowest BCUT2D eigenvalue weighted by Crippen LogP contribution is -2.37. The summed E-state index contributed by atoms with van der Waals surface area (Å²) in [5.74, 6) is 0.579. The average Bonchev–Trinajstić information content (AvgIpc) is 2.48. The van der Waals surface area contributed by atoms with E-state index in [1.807, 2.05) is 6.92 Å². The number of piperidine rings is 1. The fourth-order valence-electron chi connectivity index (χ4n) is 2.42. The Hall–Kier alpha value is -1.60. The monoisotopic (exact) mass is 325 g/mol. The standard InChI is InChI=1S/C15H23N3O3S/c1-3-16-15(19)17-13-4-6-14(7-5-13)22(20,21)18-10-8-12(2)9-11-18/h4-7,12H,3,8-11H2,1-2H3,(H2,16,17,19). The summed E-state index contributed by atoms with van der Waals surface area (Å²) in [4.78, 5) is 11.7. The molecule has 1 aromatic rings. The molecule has 1 saturated heterocycles. The second-order valence-corrected chi connectivity index (χ2v) is 7.53. The van der Waals surface area contributed by atoms with Crippen LogP contribution in [0, 0.1) is 5.92 Å². The summed E-state index contributed by atoms with van der Waals surface area (Å²) in [6.45, 7) is 5.65. The molecule has 0 saturated carbocycles. The van der Waals surface area contributed by atoms with Crippen molar-refractivity contribution in [1.82, 2.24) is 9.62 Å². The van der Waals surface area contributed by atoms with Gasteiger partial charge >= 0.3 is 6.03 Å². The third-order valence-electron chi connectivity index (χ3n) is 3.83. The summed E-state index contributed by atoms with van der Waals surface area (Å²) >= 11 is 0. The zero-order valence-corrected chi connectivity index (χ0v) is 13.8. The maximum absolute atomic E-state index is 12.6. The molecule has 1 fully saturated rings. The molecule has 0 bridgehead atoms. The number of sulfonamides is 1. The van der Waals surface area contributed by atoms with Gasteiger partial charge in [0.1, 0.15) is 0 Å². The maximum Gasteiger partial charge on any atom is 0.319 e. The minimum atomic E-state index is -3.44. The SMILES string of the molecule is CCNC(=O)Nc1ccc(S(=O)(=O)N2CCC(C)CC2)cc1. The quantitative estimate of drug-likeness (QED) is 0.891. The van der Waals surface area contributed by atoms with Gasteiger partial charge < -0.3 is 10.6 Å². The van der Waals surface area contributed by atoms with Crippen LogP contribution in [0.15, 0.2) is 29.2 Å². The molecule has 2 N–H and O–H groups in total. The second kappa shape index (κ2) is 7.11. The van der Waals surface area contributed by atoms with E-state index >= 15 is 0 Å². The topological polar surface area (TPSA) is 78.5 Å². The van der Waals surface area contributed by atoms with Crippen molar-refractivity contribution in [3.63, 3.8) is 0 Å². The second-order valence-electron chi connectivity index (χ2n) is 5.60. The summed E-state index contributed by atoms with van der Waals surface area (Å²) in [5, 5.41) is 5.27. The first-order chi connectivity index (χ1) is 10.4. The number of hydrogen-bond acceptors (Lipinski definition) is 3. The van der Waals surface area contributed by atoms with Crippen molar-refractivity contribution in [1.29, 1.82) is 0 Å². The van der Waals surface area contributed by atoms with Crippen LogP contribution in [0.25, 0.3) is 0 Å². The van der Waals surface area contributed by atoms with Gasteiger partial charge in [-0.15, -0.1) is 0 Å². The zero-order valence-electron chi connectivity index (χ0n) is 13.0. The van der Waals surface area contributed by atoms with Crippen LogP contribution in [0.4, 0.5) is 10.5 Å². The highest BCUT2D eigenvalue weighted by Crippen LogP contribution is 2.24. The van der Waals surface area contributed by atoms with E-state index in [-0.39, 0.29) is 10.9 Å². The van der Waals surface area contributed by atoms with Crippen molar-refractivity contribution in [2.45, 2.75) is 31.6 Å². The van der Waals surface area contributed by atoms with E-state index in [0.29, 0.717) is 31.2 Å². The smallest absolute Gasteiger partial charge is 0.319 e. The van der Waals surface area contributed by atoms with Crippen molar-refractivity contribution in [2.75, 3.05) is 25.0 Å². The van der Waals surface area contributed by atoms with Gasteiger partial charge in [0.15, 0.2) is 0 Å². The Labute approximate surface area is 131 Å². The highest BCUT2D eigenvalue weighted by molar-refractivity contribution is 7.89. The molecule has 1 heterocycles. The number of carbonyl (C=O) groups excluding carboxylic acids is 1. The van der Waals surface area contributed by atoms with E-state index in [2.05, 4.69) is 17.6 Å². The highest BCUT2D eigenvalue weighted by atomic mass is 32.2. The van der Waals surface area contributed by atoms with Gasteiger partial charge in [0.2, 0.25) is 10.0 Å². The summed E-state index contributed by atoms with van der Waals surface area (Å²) in [7, 11) is -3.44. The molecule has 6 nitrogen and oxygen atoms in total. The fourth-order valence-corrected chi connectivity index (χ4v) is 3.89. The van der Waals surface area contributed by atoms with E-state index in [0.717, 1.165) is 12.8 Å². The molecule has 7 heteroatoms. The molecule has 122 valence electrons. The van der Waals surface area contributed by atoms with Gasteiger partial charge in [0, 0.05) is 25.3 Å². The first kappa shape index (κ1) is 16.8. The van der Waals surface area contributed by atoms with Gasteiger partial charge in [-0.2, -0.15) is 4.31 Å².